The molecule has 0 aromatic heterocycles. The Kier molecular flexibility index (Phi) is 24.6. The van der Waals surface area contributed by atoms with Crippen molar-refractivity contribution in [2.24, 2.45) is 5.41 Å². The smallest absolute Gasteiger partial charge is 0.342 e. The molecule has 0 aliphatic heterocycles. The maximum atomic E-state index is 12.8. The molecular formula is C36H71O14P. The Labute approximate surface area is 309 Å². The number of ether oxygens (including phenoxy) is 10. The van der Waals surface area contributed by atoms with Crippen LogP contribution in [0.3, 0.4) is 0 Å². The molecule has 0 spiro atoms. The van der Waals surface area contributed by atoms with E-state index < -0.39 is 52.7 Å². The number of aliphatic hydroxyl groups excluding tert-OH is 2. The van der Waals surface area contributed by atoms with E-state index in [-0.39, 0.29) is 90.5 Å². The van der Waals surface area contributed by atoms with Gasteiger partial charge in [-0.25, -0.2) is 9.59 Å². The van der Waals surface area contributed by atoms with Crippen LogP contribution < -0.4 is 0 Å². The topological polar surface area (TPSA) is 167 Å². The molecule has 14 nitrogen and oxygen atoms in total. The summed E-state index contributed by atoms with van der Waals surface area (Å²) in [7, 11) is 2.39. The molecule has 0 aliphatic rings. The number of carbonyl (C=O) groups is 2. The zero-order valence-electron chi connectivity index (χ0n) is 33.6. The second kappa shape index (κ2) is 25.1. The Morgan fingerprint density at radius 3 is 1.25 bits per heavy atom. The van der Waals surface area contributed by atoms with Gasteiger partial charge in [0, 0.05) is 0 Å². The molecule has 8 atom stereocenters. The van der Waals surface area contributed by atoms with E-state index in [4.69, 9.17) is 47.4 Å². The van der Waals surface area contributed by atoms with Crippen LogP contribution in [0, 0.1) is 5.41 Å². The quantitative estimate of drug-likeness (QED) is 0.0804. The van der Waals surface area contributed by atoms with Gasteiger partial charge >= 0.3 is 11.9 Å². The van der Waals surface area contributed by atoms with Crippen molar-refractivity contribution in [2.45, 2.75) is 150 Å². The highest BCUT2D eigenvalue weighted by Crippen LogP contribution is 2.26. The normalized spacial score (nSPS) is 18.4. The average Bonchev–Trinajstić information content (AvgIpc) is 2.96. The summed E-state index contributed by atoms with van der Waals surface area (Å²) >= 11 is 0. The minimum Gasteiger partial charge on any atom is -0.461 e. The summed E-state index contributed by atoms with van der Waals surface area (Å²) in [5.74, 6) is -1.07. The molecule has 0 fully saturated rings. The van der Waals surface area contributed by atoms with Crippen LogP contribution in [0.5, 0.6) is 0 Å². The molecule has 8 unspecified atom stereocenters. The summed E-state index contributed by atoms with van der Waals surface area (Å²) in [6.45, 7) is 23.9. The third-order valence-corrected chi connectivity index (χ3v) is 7.17. The van der Waals surface area contributed by atoms with Crippen molar-refractivity contribution in [2.75, 3.05) is 66.1 Å². The fourth-order valence-electron chi connectivity index (χ4n) is 4.82. The molecule has 0 saturated carbocycles. The second-order valence-electron chi connectivity index (χ2n) is 14.9. The third kappa shape index (κ3) is 24.1. The van der Waals surface area contributed by atoms with Crippen LogP contribution in [0.25, 0.3) is 0 Å². The van der Waals surface area contributed by atoms with Crippen LogP contribution in [0.4, 0.5) is 0 Å². The Bertz CT molecular complexity index is 869. The van der Waals surface area contributed by atoms with Crippen molar-refractivity contribution in [3.05, 3.63) is 0 Å². The first kappa shape index (κ1) is 50.0. The lowest BCUT2D eigenvalue weighted by atomic mass is 9.92. The molecule has 15 heteroatoms. The molecule has 0 bridgehead atoms. The van der Waals surface area contributed by atoms with E-state index in [2.05, 4.69) is 9.24 Å². The summed E-state index contributed by atoms with van der Waals surface area (Å²) in [6.07, 6.45) is -2.93. The molecule has 0 aromatic rings. The van der Waals surface area contributed by atoms with Crippen LogP contribution in [-0.4, -0.2) is 148 Å². The van der Waals surface area contributed by atoms with Crippen LogP contribution in [0.1, 0.15) is 90.0 Å². The van der Waals surface area contributed by atoms with Gasteiger partial charge in [0.15, 0.2) is 10.9 Å². The molecular weight excluding hydrogens is 687 g/mol. The predicted octanol–water partition coefficient (Wildman–Crippen LogP) is 3.69. The van der Waals surface area contributed by atoms with E-state index in [9.17, 15) is 19.8 Å². The number of esters is 2. The molecule has 0 aromatic carbocycles. The number of hydrogen-bond acceptors (Lipinski definition) is 14. The van der Waals surface area contributed by atoms with Crippen molar-refractivity contribution in [1.82, 2.24) is 0 Å². The molecule has 304 valence electrons. The van der Waals surface area contributed by atoms with Crippen molar-refractivity contribution < 1.29 is 67.2 Å². The van der Waals surface area contributed by atoms with Gasteiger partial charge in [-0.15, -0.1) is 0 Å². The number of rotatable bonds is 30. The van der Waals surface area contributed by atoms with Crippen LogP contribution >= 0.6 is 9.24 Å². The summed E-state index contributed by atoms with van der Waals surface area (Å²) in [5, 5.41) is 18.4. The Balaban J connectivity index is 5.49. The lowest BCUT2D eigenvalue weighted by molar-refractivity contribution is -0.183. The van der Waals surface area contributed by atoms with Gasteiger partial charge < -0.3 is 57.6 Å². The van der Waals surface area contributed by atoms with Gasteiger partial charge in [-0.3, -0.25) is 0 Å². The van der Waals surface area contributed by atoms with Crippen LogP contribution in [0.2, 0.25) is 0 Å². The van der Waals surface area contributed by atoms with E-state index in [1.165, 1.54) is 0 Å². The van der Waals surface area contributed by atoms with E-state index in [1.54, 1.807) is 48.5 Å². The Morgan fingerprint density at radius 1 is 0.529 bits per heavy atom. The molecule has 0 rings (SSSR count). The highest BCUT2D eigenvalue weighted by atomic mass is 31.0. The largest absolute Gasteiger partial charge is 0.461 e. The number of hydrogen-bond donors (Lipinski definition) is 2. The zero-order valence-corrected chi connectivity index (χ0v) is 34.7. The molecule has 0 amide bonds. The van der Waals surface area contributed by atoms with Gasteiger partial charge in [0.05, 0.1) is 107 Å². The van der Waals surface area contributed by atoms with E-state index in [1.807, 2.05) is 41.5 Å². The predicted molar refractivity (Wildman–Crippen MR) is 196 cm³/mol. The van der Waals surface area contributed by atoms with Crippen LogP contribution in [-0.2, 0) is 57.0 Å². The molecule has 2 N–H and O–H groups in total. The highest BCUT2D eigenvalue weighted by Gasteiger charge is 2.37. The standard InChI is InChI=1S/C36H71O14P/c1-24(2)47-28(7)18-45-32(39)34(11,12)49-30(9)16-43-22-36(20-41-14-26(5)37,21-42-15-27(6)38)23-44-17-31(10)50-35(13,51)33(40)46-19-29(8)48-25(3)4/h24-31,37-38H,14-23,51H2,1-13H3. The SMILES string of the molecule is CC(O)COCC(COCC(C)O)(COCC(C)OC(C)(C)C(=O)OCC(C)OC(C)C)COCC(C)OC(C)(P)C(=O)OCC(C)OC(C)C. The number of carbonyl (C=O) groups excluding carboxylic acids is 2. The van der Waals surface area contributed by atoms with Gasteiger partial charge in [0.2, 0.25) is 0 Å². The lowest BCUT2D eigenvalue weighted by Crippen LogP contribution is -2.45. The minimum atomic E-state index is -1.32. The fraction of sp³-hybridized carbons (Fsp3) is 0.944. The highest BCUT2D eigenvalue weighted by molar-refractivity contribution is 7.20. The molecule has 0 radical (unpaired) electrons. The third-order valence-electron chi connectivity index (χ3n) is 6.80. The summed E-state index contributed by atoms with van der Waals surface area (Å²) in [6, 6.07) is 0. The zero-order chi connectivity index (χ0) is 39.4. The van der Waals surface area contributed by atoms with Crippen molar-refractivity contribution >= 4 is 21.2 Å². The van der Waals surface area contributed by atoms with Crippen molar-refractivity contribution in [1.29, 1.82) is 0 Å². The van der Waals surface area contributed by atoms with Crippen molar-refractivity contribution in [3.63, 3.8) is 0 Å². The fourth-order valence-corrected chi connectivity index (χ4v) is 5.14. The maximum Gasteiger partial charge on any atom is 0.342 e. The van der Waals surface area contributed by atoms with Gasteiger partial charge in [-0.1, -0.05) is 9.24 Å². The first-order valence-corrected chi connectivity index (χ1v) is 18.5. The first-order valence-electron chi connectivity index (χ1n) is 18.0. The summed E-state index contributed by atoms with van der Waals surface area (Å²) in [4.78, 5) is 25.6. The Hall–Kier alpha value is -1.03. The second-order valence-corrected chi connectivity index (χ2v) is 16.0. The summed E-state index contributed by atoms with van der Waals surface area (Å²) < 4.78 is 58.0. The Morgan fingerprint density at radius 2 is 0.882 bits per heavy atom. The van der Waals surface area contributed by atoms with Gasteiger partial charge in [-0.05, 0) is 90.0 Å². The minimum absolute atomic E-state index is 0.00558. The molecule has 0 heterocycles. The summed E-state index contributed by atoms with van der Waals surface area (Å²) in [5.41, 5.74) is -2.12. The van der Waals surface area contributed by atoms with Gasteiger partial charge in [0.25, 0.3) is 0 Å². The van der Waals surface area contributed by atoms with E-state index in [0.717, 1.165) is 0 Å². The molecule has 51 heavy (non-hydrogen) atoms. The monoisotopic (exact) mass is 758 g/mol. The van der Waals surface area contributed by atoms with Crippen molar-refractivity contribution in [3.8, 4) is 0 Å². The van der Waals surface area contributed by atoms with Crippen LogP contribution in [0.15, 0.2) is 0 Å². The average molecular weight is 759 g/mol. The van der Waals surface area contributed by atoms with Gasteiger partial charge in [-0.2, -0.15) is 0 Å². The van der Waals surface area contributed by atoms with Gasteiger partial charge in [0.1, 0.15) is 13.2 Å². The lowest BCUT2D eigenvalue weighted by Gasteiger charge is -2.35. The van der Waals surface area contributed by atoms with E-state index in [0.29, 0.717) is 0 Å². The first-order chi connectivity index (χ1) is 23.5. The number of aliphatic hydroxyl groups is 2. The molecule has 0 aliphatic carbocycles. The molecule has 0 saturated heterocycles. The maximum absolute atomic E-state index is 12.8. The van der Waals surface area contributed by atoms with E-state index >= 15 is 0 Å².